The Morgan fingerprint density at radius 2 is 2.15 bits per heavy atom. The lowest BCUT2D eigenvalue weighted by Gasteiger charge is -2.05. The van der Waals surface area contributed by atoms with E-state index in [-0.39, 0.29) is 11.7 Å². The summed E-state index contributed by atoms with van der Waals surface area (Å²) in [5.74, 6) is -0.534. The number of rotatable bonds is 6. The van der Waals surface area contributed by atoms with Crippen LogP contribution in [0.5, 0.6) is 0 Å². The predicted molar refractivity (Wildman–Crippen MR) is 72.8 cm³/mol. The van der Waals surface area contributed by atoms with Gasteiger partial charge in [0, 0.05) is 25.8 Å². The van der Waals surface area contributed by atoms with Crippen molar-refractivity contribution in [1.29, 1.82) is 0 Å². The van der Waals surface area contributed by atoms with E-state index in [1.807, 2.05) is 0 Å². The number of halogens is 1. The maximum Gasteiger partial charge on any atom is 0.255 e. The van der Waals surface area contributed by atoms with E-state index in [0.717, 1.165) is 6.42 Å². The molecule has 1 aromatic carbocycles. The molecule has 0 atom stereocenters. The quantitative estimate of drug-likeness (QED) is 0.793. The van der Waals surface area contributed by atoms with Gasteiger partial charge in [0.15, 0.2) is 0 Å². The fourth-order valence-corrected chi connectivity index (χ4v) is 1.81. The monoisotopic (exact) mass is 277 g/mol. The zero-order valence-corrected chi connectivity index (χ0v) is 11.1. The van der Waals surface area contributed by atoms with Crippen LogP contribution >= 0.6 is 0 Å². The average Bonchev–Trinajstić information content (AvgIpc) is 2.93. The number of methoxy groups -OCH3 is 1. The number of H-pyrrole nitrogens is 1. The molecule has 106 valence electrons. The summed E-state index contributed by atoms with van der Waals surface area (Å²) >= 11 is 0. The van der Waals surface area contributed by atoms with Crippen LogP contribution in [0.4, 0.5) is 4.39 Å². The van der Waals surface area contributed by atoms with E-state index in [2.05, 4.69) is 15.5 Å². The molecule has 0 aliphatic rings. The summed E-state index contributed by atoms with van der Waals surface area (Å²) < 4.78 is 17.8. The predicted octanol–water partition coefficient (Wildman–Crippen LogP) is 1.98. The highest BCUT2D eigenvalue weighted by molar-refractivity contribution is 5.99. The molecular formula is C14H16FN3O2. The van der Waals surface area contributed by atoms with Crippen molar-refractivity contribution in [2.75, 3.05) is 20.3 Å². The number of carbonyl (C=O) groups excluding carboxylic acids is 1. The summed E-state index contributed by atoms with van der Waals surface area (Å²) in [5, 5.41) is 9.44. The Hall–Kier alpha value is -2.21. The molecular weight excluding hydrogens is 261 g/mol. The van der Waals surface area contributed by atoms with E-state index in [1.165, 1.54) is 18.3 Å². The van der Waals surface area contributed by atoms with Crippen molar-refractivity contribution in [3.8, 4) is 11.3 Å². The number of hydrogen-bond acceptors (Lipinski definition) is 3. The Bertz CT molecular complexity index is 566. The molecule has 2 rings (SSSR count). The second kappa shape index (κ2) is 6.81. The van der Waals surface area contributed by atoms with Gasteiger partial charge < -0.3 is 10.1 Å². The number of aromatic nitrogens is 2. The molecule has 0 aliphatic carbocycles. The van der Waals surface area contributed by atoms with Crippen LogP contribution in [0.3, 0.4) is 0 Å². The molecule has 6 heteroatoms. The molecule has 1 heterocycles. The molecule has 2 aromatic rings. The average molecular weight is 277 g/mol. The smallest absolute Gasteiger partial charge is 0.255 e. The largest absolute Gasteiger partial charge is 0.385 e. The lowest BCUT2D eigenvalue weighted by Crippen LogP contribution is -2.25. The van der Waals surface area contributed by atoms with Crippen LogP contribution in [0.15, 0.2) is 30.5 Å². The zero-order chi connectivity index (χ0) is 14.4. The Labute approximate surface area is 116 Å². The van der Waals surface area contributed by atoms with E-state index in [4.69, 9.17) is 4.74 Å². The molecule has 5 nitrogen and oxygen atoms in total. The van der Waals surface area contributed by atoms with E-state index in [0.29, 0.717) is 30.0 Å². The summed E-state index contributed by atoms with van der Waals surface area (Å²) in [4.78, 5) is 12.0. The Balaban J connectivity index is 2.08. The second-order valence-electron chi connectivity index (χ2n) is 4.27. The third kappa shape index (κ3) is 3.42. The van der Waals surface area contributed by atoms with Crippen LogP contribution in [0.25, 0.3) is 11.3 Å². The van der Waals surface area contributed by atoms with Crippen molar-refractivity contribution in [1.82, 2.24) is 15.5 Å². The summed E-state index contributed by atoms with van der Waals surface area (Å²) in [6.45, 7) is 1.12. The van der Waals surface area contributed by atoms with Crippen molar-refractivity contribution >= 4 is 5.91 Å². The molecule has 0 unspecified atom stereocenters. The standard InChI is InChI=1S/C14H16FN3O2/c1-20-8-2-7-16-14(19)12-9-17-18-13(12)10-3-5-11(15)6-4-10/h3-6,9H,2,7-8H2,1H3,(H,16,19)(H,17,18). The van der Waals surface area contributed by atoms with Crippen molar-refractivity contribution in [3.63, 3.8) is 0 Å². The topological polar surface area (TPSA) is 67.0 Å². The van der Waals surface area contributed by atoms with E-state index < -0.39 is 0 Å². The van der Waals surface area contributed by atoms with Gasteiger partial charge >= 0.3 is 0 Å². The van der Waals surface area contributed by atoms with Crippen molar-refractivity contribution < 1.29 is 13.9 Å². The number of hydrogen-bond donors (Lipinski definition) is 2. The normalized spacial score (nSPS) is 10.5. The number of nitrogens with zero attached hydrogens (tertiary/aromatic N) is 1. The molecule has 20 heavy (non-hydrogen) atoms. The first kappa shape index (κ1) is 14.2. The Morgan fingerprint density at radius 1 is 1.40 bits per heavy atom. The minimum Gasteiger partial charge on any atom is -0.385 e. The van der Waals surface area contributed by atoms with Crippen LogP contribution < -0.4 is 5.32 Å². The molecule has 0 aliphatic heterocycles. The number of benzene rings is 1. The summed E-state index contributed by atoms with van der Waals surface area (Å²) in [7, 11) is 1.62. The van der Waals surface area contributed by atoms with Crippen LogP contribution in [0.2, 0.25) is 0 Å². The van der Waals surface area contributed by atoms with Gasteiger partial charge in [-0.15, -0.1) is 0 Å². The van der Waals surface area contributed by atoms with Crippen molar-refractivity contribution in [3.05, 3.63) is 41.8 Å². The molecule has 0 saturated heterocycles. The third-order valence-corrected chi connectivity index (χ3v) is 2.83. The van der Waals surface area contributed by atoms with Crippen LogP contribution in [0.1, 0.15) is 16.8 Å². The van der Waals surface area contributed by atoms with Gasteiger partial charge in [0.2, 0.25) is 0 Å². The van der Waals surface area contributed by atoms with Gasteiger partial charge in [-0.3, -0.25) is 9.89 Å². The third-order valence-electron chi connectivity index (χ3n) is 2.83. The maximum atomic E-state index is 12.9. The number of carbonyl (C=O) groups is 1. The highest BCUT2D eigenvalue weighted by Gasteiger charge is 2.14. The lowest BCUT2D eigenvalue weighted by atomic mass is 10.1. The van der Waals surface area contributed by atoms with Gasteiger partial charge in [-0.25, -0.2) is 4.39 Å². The number of ether oxygens (including phenoxy) is 1. The highest BCUT2D eigenvalue weighted by atomic mass is 19.1. The van der Waals surface area contributed by atoms with Crippen molar-refractivity contribution in [2.24, 2.45) is 0 Å². The van der Waals surface area contributed by atoms with Gasteiger partial charge in [-0.05, 0) is 30.7 Å². The molecule has 1 aromatic heterocycles. The van der Waals surface area contributed by atoms with Crippen LogP contribution in [0, 0.1) is 5.82 Å². The maximum absolute atomic E-state index is 12.9. The molecule has 1 amide bonds. The lowest BCUT2D eigenvalue weighted by molar-refractivity contribution is 0.0949. The first-order valence-corrected chi connectivity index (χ1v) is 6.29. The van der Waals surface area contributed by atoms with E-state index in [1.54, 1.807) is 19.2 Å². The Morgan fingerprint density at radius 3 is 2.85 bits per heavy atom. The van der Waals surface area contributed by atoms with Gasteiger partial charge in [0.25, 0.3) is 5.91 Å². The number of nitrogens with one attached hydrogen (secondary N) is 2. The van der Waals surface area contributed by atoms with Gasteiger partial charge in [-0.2, -0.15) is 5.10 Å². The first-order chi connectivity index (χ1) is 9.72. The van der Waals surface area contributed by atoms with Crippen LogP contribution in [-0.4, -0.2) is 36.4 Å². The number of aromatic amines is 1. The van der Waals surface area contributed by atoms with Crippen molar-refractivity contribution in [2.45, 2.75) is 6.42 Å². The van der Waals surface area contributed by atoms with Crippen LogP contribution in [-0.2, 0) is 4.74 Å². The fraction of sp³-hybridized carbons (Fsp3) is 0.286. The minimum absolute atomic E-state index is 0.214. The molecule has 0 saturated carbocycles. The number of amides is 1. The summed E-state index contributed by atoms with van der Waals surface area (Å²) in [6, 6.07) is 5.89. The van der Waals surface area contributed by atoms with Gasteiger partial charge in [0.1, 0.15) is 5.82 Å². The zero-order valence-electron chi connectivity index (χ0n) is 11.1. The van der Waals surface area contributed by atoms with E-state index >= 15 is 0 Å². The molecule has 0 bridgehead atoms. The first-order valence-electron chi connectivity index (χ1n) is 6.29. The minimum atomic E-state index is -0.321. The molecule has 0 spiro atoms. The second-order valence-corrected chi connectivity index (χ2v) is 4.27. The Kier molecular flexibility index (Phi) is 4.84. The SMILES string of the molecule is COCCCNC(=O)c1cn[nH]c1-c1ccc(F)cc1. The molecule has 0 fully saturated rings. The highest BCUT2D eigenvalue weighted by Crippen LogP contribution is 2.21. The molecule has 0 radical (unpaired) electrons. The van der Waals surface area contributed by atoms with Gasteiger partial charge in [-0.1, -0.05) is 0 Å². The molecule has 2 N–H and O–H groups in total. The van der Waals surface area contributed by atoms with E-state index in [9.17, 15) is 9.18 Å². The summed E-state index contributed by atoms with van der Waals surface area (Å²) in [6.07, 6.45) is 2.20. The fourth-order valence-electron chi connectivity index (χ4n) is 1.81. The van der Waals surface area contributed by atoms with Gasteiger partial charge in [0.05, 0.1) is 17.5 Å². The summed E-state index contributed by atoms with van der Waals surface area (Å²) in [5.41, 5.74) is 1.73.